The smallest absolute Gasteiger partial charge is 0.243 e. The summed E-state index contributed by atoms with van der Waals surface area (Å²) in [5, 5.41) is 2.73. The average Bonchev–Trinajstić information content (AvgIpc) is 2.82. The van der Waals surface area contributed by atoms with E-state index in [0.717, 1.165) is 19.5 Å². The number of likely N-dealkylation sites (tertiary alicyclic amines) is 1. The van der Waals surface area contributed by atoms with Crippen molar-refractivity contribution < 1.29 is 4.79 Å². The van der Waals surface area contributed by atoms with Crippen LogP contribution in [0.1, 0.15) is 20.3 Å². The Balaban J connectivity index is 1.93. The number of carbonyl (C=O) groups excluding carboxylic acids is 1. The quantitative estimate of drug-likeness (QED) is 0.825. The lowest BCUT2D eigenvalue weighted by atomic mass is 9.90. The number of amides is 1. The van der Waals surface area contributed by atoms with Gasteiger partial charge in [-0.25, -0.2) is 9.97 Å². The molecule has 1 aliphatic heterocycles. The summed E-state index contributed by atoms with van der Waals surface area (Å²) in [7, 11) is 0. The molecule has 0 aromatic carbocycles. The van der Waals surface area contributed by atoms with Crippen LogP contribution in [-0.2, 0) is 4.79 Å². The van der Waals surface area contributed by atoms with Gasteiger partial charge in [0.1, 0.15) is 0 Å². The molecule has 1 saturated heterocycles. The first-order valence-corrected chi connectivity index (χ1v) is 6.56. The number of nitrogens with zero attached hydrogens (tertiary/aromatic N) is 3. The van der Waals surface area contributed by atoms with Gasteiger partial charge < -0.3 is 5.73 Å². The number of anilines is 1. The van der Waals surface area contributed by atoms with Crippen LogP contribution in [0.15, 0.2) is 18.5 Å². The van der Waals surface area contributed by atoms with Crippen molar-refractivity contribution >= 4 is 11.9 Å². The monoisotopic (exact) mass is 263 g/mol. The molecule has 2 heterocycles. The molecule has 1 aromatic rings. The van der Waals surface area contributed by atoms with E-state index in [4.69, 9.17) is 5.73 Å². The zero-order valence-electron chi connectivity index (χ0n) is 11.5. The molecular weight excluding hydrogens is 242 g/mol. The Kier molecular flexibility index (Phi) is 4.11. The first kappa shape index (κ1) is 13.9. The topological polar surface area (TPSA) is 84.1 Å². The zero-order chi connectivity index (χ0) is 13.9. The van der Waals surface area contributed by atoms with Crippen molar-refractivity contribution in [3.8, 4) is 0 Å². The highest BCUT2D eigenvalue weighted by atomic mass is 16.2. The van der Waals surface area contributed by atoms with Crippen molar-refractivity contribution in [1.82, 2.24) is 14.9 Å². The lowest BCUT2D eigenvalue weighted by Crippen LogP contribution is -2.42. The molecule has 104 valence electrons. The number of carbonyl (C=O) groups is 1. The predicted octanol–water partition coefficient (Wildman–Crippen LogP) is 0.474. The average molecular weight is 263 g/mol. The highest BCUT2D eigenvalue weighted by Crippen LogP contribution is 2.29. The zero-order valence-corrected chi connectivity index (χ0v) is 11.5. The standard InChI is InChI=1S/C13H21N5O/c1-10(18-7-4-13(2,8-14)9-18)11(19)17-12-15-5-3-6-16-12/h3,5-6,10H,4,7-9,14H2,1-2H3,(H,15,16,17,19). The summed E-state index contributed by atoms with van der Waals surface area (Å²) < 4.78 is 0. The maximum Gasteiger partial charge on any atom is 0.243 e. The van der Waals surface area contributed by atoms with E-state index in [0.29, 0.717) is 12.5 Å². The van der Waals surface area contributed by atoms with Gasteiger partial charge in [-0.3, -0.25) is 15.0 Å². The van der Waals surface area contributed by atoms with E-state index in [1.807, 2.05) is 6.92 Å². The van der Waals surface area contributed by atoms with Crippen molar-refractivity contribution in [2.45, 2.75) is 26.3 Å². The predicted molar refractivity (Wildman–Crippen MR) is 73.5 cm³/mol. The lowest BCUT2D eigenvalue weighted by Gasteiger charge is -2.26. The molecule has 6 heteroatoms. The Bertz CT molecular complexity index is 438. The number of hydrogen-bond acceptors (Lipinski definition) is 5. The van der Waals surface area contributed by atoms with Gasteiger partial charge in [0.25, 0.3) is 0 Å². The molecule has 1 fully saturated rings. The lowest BCUT2D eigenvalue weighted by molar-refractivity contribution is -0.120. The van der Waals surface area contributed by atoms with Gasteiger partial charge in [-0.15, -0.1) is 0 Å². The number of aromatic nitrogens is 2. The second kappa shape index (κ2) is 5.63. The van der Waals surface area contributed by atoms with Crippen molar-refractivity contribution in [3.63, 3.8) is 0 Å². The molecule has 0 saturated carbocycles. The SMILES string of the molecule is CC(C(=O)Nc1ncccn1)N1CCC(C)(CN)C1. The van der Waals surface area contributed by atoms with Gasteiger partial charge in [0.05, 0.1) is 6.04 Å². The van der Waals surface area contributed by atoms with Crippen LogP contribution < -0.4 is 11.1 Å². The fourth-order valence-corrected chi connectivity index (χ4v) is 2.30. The van der Waals surface area contributed by atoms with E-state index in [1.54, 1.807) is 18.5 Å². The summed E-state index contributed by atoms with van der Waals surface area (Å²) >= 11 is 0. The minimum Gasteiger partial charge on any atom is -0.330 e. The molecule has 1 amide bonds. The molecule has 2 rings (SSSR count). The molecule has 0 aliphatic carbocycles. The van der Waals surface area contributed by atoms with Crippen molar-refractivity contribution in [2.75, 3.05) is 25.0 Å². The molecule has 6 nitrogen and oxygen atoms in total. The molecule has 0 radical (unpaired) electrons. The first-order valence-electron chi connectivity index (χ1n) is 6.56. The van der Waals surface area contributed by atoms with Gasteiger partial charge in [-0.2, -0.15) is 0 Å². The molecule has 3 N–H and O–H groups in total. The van der Waals surface area contributed by atoms with E-state index < -0.39 is 0 Å². The highest BCUT2D eigenvalue weighted by molar-refractivity contribution is 5.93. The van der Waals surface area contributed by atoms with Crippen LogP contribution in [0, 0.1) is 5.41 Å². The van der Waals surface area contributed by atoms with Crippen molar-refractivity contribution in [1.29, 1.82) is 0 Å². The number of nitrogens with one attached hydrogen (secondary N) is 1. The van der Waals surface area contributed by atoms with Crippen molar-refractivity contribution in [3.05, 3.63) is 18.5 Å². The van der Waals surface area contributed by atoms with Gasteiger partial charge in [-0.1, -0.05) is 6.92 Å². The Morgan fingerprint density at radius 3 is 2.84 bits per heavy atom. The van der Waals surface area contributed by atoms with Crippen molar-refractivity contribution in [2.24, 2.45) is 11.1 Å². The fourth-order valence-electron chi connectivity index (χ4n) is 2.30. The number of nitrogens with two attached hydrogens (primary N) is 1. The summed E-state index contributed by atoms with van der Waals surface area (Å²) in [4.78, 5) is 22.3. The molecule has 2 atom stereocenters. The van der Waals surface area contributed by atoms with Gasteiger partial charge in [0, 0.05) is 18.9 Å². The van der Waals surface area contributed by atoms with Crippen LogP contribution >= 0.6 is 0 Å². The molecule has 2 unspecified atom stereocenters. The molecular formula is C13H21N5O. The first-order chi connectivity index (χ1) is 9.04. The van der Waals surface area contributed by atoms with Crippen LogP contribution in [0.2, 0.25) is 0 Å². The summed E-state index contributed by atoms with van der Waals surface area (Å²) in [6, 6.07) is 1.52. The summed E-state index contributed by atoms with van der Waals surface area (Å²) in [5.41, 5.74) is 5.91. The maximum absolute atomic E-state index is 12.1. The maximum atomic E-state index is 12.1. The highest BCUT2D eigenvalue weighted by Gasteiger charge is 2.36. The normalized spacial score (nSPS) is 25.2. The van der Waals surface area contributed by atoms with Gasteiger partial charge in [-0.05, 0) is 37.9 Å². The van der Waals surface area contributed by atoms with Gasteiger partial charge >= 0.3 is 0 Å². The van der Waals surface area contributed by atoms with E-state index in [-0.39, 0.29) is 17.4 Å². The molecule has 1 aromatic heterocycles. The van der Waals surface area contributed by atoms with E-state index in [9.17, 15) is 4.79 Å². The third kappa shape index (κ3) is 3.27. The van der Waals surface area contributed by atoms with E-state index in [2.05, 4.69) is 27.1 Å². The number of rotatable bonds is 4. The van der Waals surface area contributed by atoms with Crippen LogP contribution in [0.4, 0.5) is 5.95 Å². The molecule has 1 aliphatic rings. The Morgan fingerprint density at radius 2 is 2.26 bits per heavy atom. The van der Waals surface area contributed by atoms with Crippen LogP contribution in [0.5, 0.6) is 0 Å². The summed E-state index contributed by atoms with van der Waals surface area (Å²) in [6.07, 6.45) is 4.24. The Labute approximate surface area is 113 Å². The van der Waals surface area contributed by atoms with Gasteiger partial charge in [0.15, 0.2) is 0 Å². The minimum absolute atomic E-state index is 0.0764. The van der Waals surface area contributed by atoms with Gasteiger partial charge in [0.2, 0.25) is 11.9 Å². The van der Waals surface area contributed by atoms with Crippen LogP contribution in [0.3, 0.4) is 0 Å². The fraction of sp³-hybridized carbons (Fsp3) is 0.615. The van der Waals surface area contributed by atoms with Crippen LogP contribution in [-0.4, -0.2) is 46.5 Å². The van der Waals surface area contributed by atoms with E-state index >= 15 is 0 Å². The third-order valence-electron chi connectivity index (χ3n) is 3.81. The Morgan fingerprint density at radius 1 is 1.58 bits per heavy atom. The van der Waals surface area contributed by atoms with E-state index in [1.165, 1.54) is 0 Å². The van der Waals surface area contributed by atoms with Crippen LogP contribution in [0.25, 0.3) is 0 Å². The molecule has 0 spiro atoms. The summed E-state index contributed by atoms with van der Waals surface area (Å²) in [5.74, 6) is 0.271. The Hall–Kier alpha value is -1.53. The second-order valence-electron chi connectivity index (χ2n) is 5.47. The molecule has 0 bridgehead atoms. The minimum atomic E-state index is -0.197. The second-order valence-corrected chi connectivity index (χ2v) is 5.47. The number of hydrogen-bond donors (Lipinski definition) is 2. The summed E-state index contributed by atoms with van der Waals surface area (Å²) in [6.45, 7) is 6.48. The largest absolute Gasteiger partial charge is 0.330 e. The third-order valence-corrected chi connectivity index (χ3v) is 3.81. The molecule has 19 heavy (non-hydrogen) atoms.